The summed E-state index contributed by atoms with van der Waals surface area (Å²) in [6.07, 6.45) is 2.10. The van der Waals surface area contributed by atoms with Gasteiger partial charge in [0.2, 0.25) is 5.91 Å². The van der Waals surface area contributed by atoms with Gasteiger partial charge in [0.15, 0.2) is 0 Å². The number of carbonyl (C=O) groups is 2. The molecule has 0 aliphatic heterocycles. The van der Waals surface area contributed by atoms with Crippen LogP contribution in [0.4, 0.5) is 0 Å². The first kappa shape index (κ1) is 18.3. The Morgan fingerprint density at radius 1 is 1.21 bits per heavy atom. The van der Waals surface area contributed by atoms with Gasteiger partial charge in [-0.3, -0.25) is 9.59 Å². The van der Waals surface area contributed by atoms with Gasteiger partial charge < -0.3 is 20.1 Å². The number of hydrogen-bond acceptors (Lipinski definition) is 4. The topological polar surface area (TPSA) is 76.7 Å². The van der Waals surface area contributed by atoms with Crippen LogP contribution in [0, 0.1) is 0 Å². The first-order valence-corrected chi connectivity index (χ1v) is 8.43. The standard InChI is InChI=1S/C18H26N2O4/c1-4-23-15-7-5-13(6-8-15)18(22)19-11-17(21)20-14-9-16(10-14)24-12(2)3/h5-8,12,14,16H,4,9-11H2,1-3H3,(H,19,22)(H,20,21). The zero-order valence-electron chi connectivity index (χ0n) is 14.5. The van der Waals surface area contributed by atoms with Crippen molar-refractivity contribution in [1.82, 2.24) is 10.6 Å². The molecule has 2 N–H and O–H groups in total. The molecule has 1 saturated carbocycles. The molecule has 0 radical (unpaired) electrons. The van der Waals surface area contributed by atoms with E-state index in [1.807, 2.05) is 20.8 Å². The molecule has 0 atom stereocenters. The second-order valence-corrected chi connectivity index (χ2v) is 6.18. The maximum absolute atomic E-state index is 12.0. The lowest BCUT2D eigenvalue weighted by Gasteiger charge is -2.36. The van der Waals surface area contributed by atoms with E-state index in [0.717, 1.165) is 18.6 Å². The first-order chi connectivity index (χ1) is 11.5. The summed E-state index contributed by atoms with van der Waals surface area (Å²) < 4.78 is 11.0. The van der Waals surface area contributed by atoms with Crippen molar-refractivity contribution in [2.45, 2.75) is 51.9 Å². The van der Waals surface area contributed by atoms with Gasteiger partial charge in [0.1, 0.15) is 5.75 Å². The van der Waals surface area contributed by atoms with Gasteiger partial charge in [-0.2, -0.15) is 0 Å². The fraction of sp³-hybridized carbons (Fsp3) is 0.556. The second kappa shape index (κ2) is 8.68. The van der Waals surface area contributed by atoms with Crippen LogP contribution >= 0.6 is 0 Å². The molecule has 1 aromatic carbocycles. The minimum Gasteiger partial charge on any atom is -0.494 e. The smallest absolute Gasteiger partial charge is 0.251 e. The summed E-state index contributed by atoms with van der Waals surface area (Å²) in [5, 5.41) is 5.52. The Kier molecular flexibility index (Phi) is 6.61. The molecular formula is C18H26N2O4. The number of ether oxygens (including phenoxy) is 2. The Morgan fingerprint density at radius 3 is 2.46 bits per heavy atom. The number of benzene rings is 1. The van der Waals surface area contributed by atoms with Gasteiger partial charge in [0.25, 0.3) is 5.91 Å². The van der Waals surface area contributed by atoms with E-state index < -0.39 is 0 Å². The maximum atomic E-state index is 12.0. The van der Waals surface area contributed by atoms with Gasteiger partial charge in [-0.25, -0.2) is 0 Å². The molecular weight excluding hydrogens is 308 g/mol. The van der Waals surface area contributed by atoms with Gasteiger partial charge in [0, 0.05) is 11.6 Å². The molecule has 0 bridgehead atoms. The van der Waals surface area contributed by atoms with Crippen LogP contribution in [0.1, 0.15) is 44.0 Å². The third-order valence-corrected chi connectivity index (χ3v) is 3.76. The highest BCUT2D eigenvalue weighted by Gasteiger charge is 2.31. The maximum Gasteiger partial charge on any atom is 0.251 e. The minimum atomic E-state index is -0.275. The summed E-state index contributed by atoms with van der Waals surface area (Å²) in [6, 6.07) is 6.98. The van der Waals surface area contributed by atoms with Gasteiger partial charge in [0.05, 0.1) is 25.4 Å². The average molecular weight is 334 g/mol. The van der Waals surface area contributed by atoms with Crippen LogP contribution in [0.3, 0.4) is 0 Å². The van der Waals surface area contributed by atoms with Gasteiger partial charge >= 0.3 is 0 Å². The fourth-order valence-corrected chi connectivity index (χ4v) is 2.59. The lowest BCUT2D eigenvalue weighted by Crippen LogP contribution is -2.50. The monoisotopic (exact) mass is 334 g/mol. The molecule has 0 spiro atoms. The van der Waals surface area contributed by atoms with Gasteiger partial charge in [-0.15, -0.1) is 0 Å². The van der Waals surface area contributed by atoms with Crippen molar-refractivity contribution in [1.29, 1.82) is 0 Å². The Bertz CT molecular complexity index is 551. The van der Waals surface area contributed by atoms with Crippen molar-refractivity contribution in [3.63, 3.8) is 0 Å². The van der Waals surface area contributed by atoms with Crippen molar-refractivity contribution in [3.8, 4) is 5.75 Å². The normalized spacial score (nSPS) is 19.5. The highest BCUT2D eigenvalue weighted by molar-refractivity contribution is 5.96. The fourth-order valence-electron chi connectivity index (χ4n) is 2.59. The third-order valence-electron chi connectivity index (χ3n) is 3.76. The van der Waals surface area contributed by atoms with E-state index >= 15 is 0 Å². The molecule has 6 nitrogen and oxygen atoms in total. The van der Waals surface area contributed by atoms with Crippen molar-refractivity contribution in [2.24, 2.45) is 0 Å². The predicted octanol–water partition coefficient (Wildman–Crippen LogP) is 1.89. The quantitative estimate of drug-likeness (QED) is 0.761. The van der Waals surface area contributed by atoms with Crippen molar-refractivity contribution in [3.05, 3.63) is 29.8 Å². The zero-order valence-corrected chi connectivity index (χ0v) is 14.5. The van der Waals surface area contributed by atoms with Crippen LogP contribution in [0.25, 0.3) is 0 Å². The molecule has 1 aliphatic rings. The van der Waals surface area contributed by atoms with E-state index in [1.165, 1.54) is 0 Å². The largest absolute Gasteiger partial charge is 0.494 e. The molecule has 1 aromatic rings. The van der Waals surface area contributed by atoms with Crippen LogP contribution in [0.5, 0.6) is 5.75 Å². The SMILES string of the molecule is CCOc1ccc(C(=O)NCC(=O)NC2CC(OC(C)C)C2)cc1. The summed E-state index contributed by atoms with van der Waals surface area (Å²) in [7, 11) is 0. The summed E-state index contributed by atoms with van der Waals surface area (Å²) in [5.41, 5.74) is 0.500. The van der Waals surface area contributed by atoms with Crippen molar-refractivity contribution in [2.75, 3.05) is 13.2 Å². The van der Waals surface area contributed by atoms with Crippen LogP contribution < -0.4 is 15.4 Å². The highest BCUT2D eigenvalue weighted by Crippen LogP contribution is 2.24. The molecule has 24 heavy (non-hydrogen) atoms. The summed E-state index contributed by atoms with van der Waals surface area (Å²) in [4.78, 5) is 23.9. The van der Waals surface area contributed by atoms with Crippen LogP contribution in [-0.2, 0) is 9.53 Å². The lowest BCUT2D eigenvalue weighted by atomic mass is 9.89. The Morgan fingerprint density at radius 2 is 1.88 bits per heavy atom. The van der Waals surface area contributed by atoms with Crippen molar-refractivity contribution >= 4 is 11.8 Å². The molecule has 132 valence electrons. The first-order valence-electron chi connectivity index (χ1n) is 8.43. The number of hydrogen-bond donors (Lipinski definition) is 2. The Hall–Kier alpha value is -2.08. The minimum absolute atomic E-state index is 0.0295. The molecule has 0 heterocycles. The molecule has 2 amide bonds. The molecule has 0 unspecified atom stereocenters. The zero-order chi connectivity index (χ0) is 17.5. The number of carbonyl (C=O) groups excluding carboxylic acids is 2. The number of amides is 2. The van der Waals surface area contributed by atoms with E-state index in [9.17, 15) is 9.59 Å². The Labute approximate surface area is 142 Å². The molecule has 0 saturated heterocycles. The van der Waals surface area contributed by atoms with Crippen molar-refractivity contribution < 1.29 is 19.1 Å². The average Bonchev–Trinajstić information content (AvgIpc) is 2.51. The van der Waals surface area contributed by atoms with E-state index in [1.54, 1.807) is 24.3 Å². The Balaban J connectivity index is 1.67. The van der Waals surface area contributed by atoms with Gasteiger partial charge in [-0.1, -0.05) is 0 Å². The van der Waals surface area contributed by atoms with Crippen LogP contribution in [0.2, 0.25) is 0 Å². The van der Waals surface area contributed by atoms with Crippen LogP contribution in [-0.4, -0.2) is 43.2 Å². The third kappa shape index (κ3) is 5.53. The molecule has 1 fully saturated rings. The second-order valence-electron chi connectivity index (χ2n) is 6.18. The van der Waals surface area contributed by atoms with Gasteiger partial charge in [-0.05, 0) is 57.9 Å². The van der Waals surface area contributed by atoms with E-state index in [-0.39, 0.29) is 36.6 Å². The molecule has 0 aromatic heterocycles. The van der Waals surface area contributed by atoms with Crippen LogP contribution in [0.15, 0.2) is 24.3 Å². The van der Waals surface area contributed by atoms with E-state index in [0.29, 0.717) is 12.2 Å². The summed E-state index contributed by atoms with van der Waals surface area (Å²) in [6.45, 7) is 6.46. The predicted molar refractivity (Wildman–Crippen MR) is 91.1 cm³/mol. The molecule has 6 heteroatoms. The number of rotatable bonds is 8. The summed E-state index contributed by atoms with van der Waals surface area (Å²) in [5.74, 6) is 0.264. The van der Waals surface area contributed by atoms with E-state index in [4.69, 9.17) is 9.47 Å². The highest BCUT2D eigenvalue weighted by atomic mass is 16.5. The number of nitrogens with one attached hydrogen (secondary N) is 2. The van der Waals surface area contributed by atoms with E-state index in [2.05, 4.69) is 10.6 Å². The summed E-state index contributed by atoms with van der Waals surface area (Å²) >= 11 is 0. The lowest BCUT2D eigenvalue weighted by molar-refractivity contribution is -0.123. The molecule has 2 rings (SSSR count). The molecule has 1 aliphatic carbocycles.